The number of aryl methyl sites for hydroxylation is 1. The van der Waals surface area contributed by atoms with Crippen LogP contribution in [0.1, 0.15) is 30.7 Å². The Kier molecular flexibility index (Phi) is 4.90. The minimum Gasteiger partial charge on any atom is -0.370 e. The fraction of sp³-hybridized carbons (Fsp3) is 0.571. The minimum atomic E-state index is -0.170. The van der Waals surface area contributed by atoms with Crippen molar-refractivity contribution in [1.82, 2.24) is 15.0 Å². The Bertz CT molecular complexity index is 1060. The van der Waals surface area contributed by atoms with Gasteiger partial charge in [-0.05, 0) is 26.3 Å². The molecule has 1 fully saturated rings. The quantitative estimate of drug-likeness (QED) is 0.677. The molecule has 0 amide bonds. The van der Waals surface area contributed by atoms with Crippen LogP contribution in [0.15, 0.2) is 6.33 Å². The lowest BCUT2D eigenvalue weighted by molar-refractivity contribution is -0.906. The molecule has 2 aliphatic rings. The monoisotopic (exact) mass is 414 g/mol. The van der Waals surface area contributed by atoms with Gasteiger partial charge in [-0.3, -0.25) is 0 Å². The van der Waals surface area contributed by atoms with Gasteiger partial charge in [0.15, 0.2) is 0 Å². The van der Waals surface area contributed by atoms with E-state index in [0.29, 0.717) is 6.61 Å². The molecular formula is C21H28N5O2S+. The van der Waals surface area contributed by atoms with Crippen molar-refractivity contribution in [1.29, 1.82) is 0 Å². The SMILES string of the molecule is Cc1nc2sc3c(NCC[NH+]4CCOCC4)ncnc3c2c2c1COC(C)(C)C2. The van der Waals surface area contributed by atoms with Crippen molar-refractivity contribution < 1.29 is 14.4 Å². The summed E-state index contributed by atoms with van der Waals surface area (Å²) in [4.78, 5) is 16.7. The highest BCUT2D eigenvalue weighted by molar-refractivity contribution is 7.26. The summed E-state index contributed by atoms with van der Waals surface area (Å²) in [6.07, 6.45) is 2.55. The molecule has 0 bridgehead atoms. The van der Waals surface area contributed by atoms with E-state index in [2.05, 4.69) is 36.1 Å². The Morgan fingerprint density at radius 3 is 2.86 bits per heavy atom. The number of anilines is 1. The molecule has 5 heterocycles. The topological polar surface area (TPSA) is 73.6 Å². The van der Waals surface area contributed by atoms with Crippen LogP contribution in [-0.4, -0.2) is 59.9 Å². The number of nitrogens with one attached hydrogen (secondary N) is 2. The van der Waals surface area contributed by atoms with Crippen molar-refractivity contribution in [3.05, 3.63) is 23.1 Å². The predicted molar refractivity (Wildman–Crippen MR) is 115 cm³/mol. The van der Waals surface area contributed by atoms with Crippen molar-refractivity contribution in [2.75, 3.05) is 44.7 Å². The number of morpholine rings is 1. The first-order valence-corrected chi connectivity index (χ1v) is 11.2. The number of pyridine rings is 1. The lowest BCUT2D eigenvalue weighted by atomic mass is 9.89. The number of fused-ring (bicyclic) bond motifs is 5. The van der Waals surface area contributed by atoms with Gasteiger partial charge in [-0.1, -0.05) is 0 Å². The second kappa shape index (κ2) is 7.43. The van der Waals surface area contributed by atoms with E-state index in [1.54, 1.807) is 22.6 Å². The highest BCUT2D eigenvalue weighted by Gasteiger charge is 2.31. The van der Waals surface area contributed by atoms with Gasteiger partial charge in [-0.2, -0.15) is 0 Å². The van der Waals surface area contributed by atoms with Crippen LogP contribution >= 0.6 is 11.3 Å². The molecule has 7 nitrogen and oxygen atoms in total. The molecule has 29 heavy (non-hydrogen) atoms. The second-order valence-electron chi connectivity index (χ2n) is 8.60. The maximum atomic E-state index is 6.05. The van der Waals surface area contributed by atoms with Crippen molar-refractivity contribution in [3.8, 4) is 0 Å². The molecule has 1 saturated heterocycles. The number of nitrogens with zero attached hydrogens (tertiary/aromatic N) is 3. The molecule has 0 saturated carbocycles. The van der Waals surface area contributed by atoms with E-state index in [0.717, 1.165) is 72.4 Å². The number of hydrogen-bond donors (Lipinski definition) is 2. The molecule has 0 radical (unpaired) electrons. The average Bonchev–Trinajstić information content (AvgIpc) is 3.07. The zero-order chi connectivity index (χ0) is 20.0. The van der Waals surface area contributed by atoms with Crippen LogP contribution in [0, 0.1) is 6.92 Å². The summed E-state index contributed by atoms with van der Waals surface area (Å²) in [7, 11) is 0. The highest BCUT2D eigenvalue weighted by atomic mass is 32.1. The normalized spacial score (nSPS) is 19.6. The molecule has 3 aromatic heterocycles. The third kappa shape index (κ3) is 3.59. The standard InChI is InChI=1S/C21H27N5O2S/c1-13-15-11-28-21(2,3)10-14(15)16-17-18(29-20(16)25-13)19(24-12-23-17)22-4-5-26-6-8-27-9-7-26/h12H,4-11H2,1-3H3,(H,22,23,24)/p+1. The van der Waals surface area contributed by atoms with Crippen molar-refractivity contribution >= 4 is 37.6 Å². The van der Waals surface area contributed by atoms with E-state index in [9.17, 15) is 0 Å². The Hall–Kier alpha value is -1.87. The lowest BCUT2D eigenvalue weighted by Crippen LogP contribution is -3.14. The van der Waals surface area contributed by atoms with E-state index < -0.39 is 0 Å². The number of hydrogen-bond acceptors (Lipinski definition) is 7. The fourth-order valence-corrected chi connectivity index (χ4v) is 5.53. The minimum absolute atomic E-state index is 0.170. The maximum Gasteiger partial charge on any atom is 0.147 e. The van der Waals surface area contributed by atoms with Crippen molar-refractivity contribution in [2.24, 2.45) is 0 Å². The average molecular weight is 415 g/mol. The molecule has 0 spiro atoms. The molecule has 2 N–H and O–H groups in total. The zero-order valence-electron chi connectivity index (χ0n) is 17.3. The van der Waals surface area contributed by atoms with Gasteiger partial charge in [-0.25, -0.2) is 15.0 Å². The summed E-state index contributed by atoms with van der Waals surface area (Å²) in [6, 6.07) is 0. The van der Waals surface area contributed by atoms with Gasteiger partial charge in [0.25, 0.3) is 0 Å². The summed E-state index contributed by atoms with van der Waals surface area (Å²) >= 11 is 1.70. The van der Waals surface area contributed by atoms with Crippen LogP contribution in [0.25, 0.3) is 20.4 Å². The number of rotatable bonds is 4. The third-order valence-electron chi connectivity index (χ3n) is 6.01. The lowest BCUT2D eigenvalue weighted by Gasteiger charge is -2.32. The number of ether oxygens (including phenoxy) is 2. The summed E-state index contributed by atoms with van der Waals surface area (Å²) in [5.74, 6) is 0.920. The van der Waals surface area contributed by atoms with Gasteiger partial charge in [-0.15, -0.1) is 11.3 Å². The number of thiophene rings is 1. The largest absolute Gasteiger partial charge is 0.370 e. The van der Waals surface area contributed by atoms with E-state index in [4.69, 9.17) is 14.5 Å². The van der Waals surface area contributed by atoms with Gasteiger partial charge in [0.2, 0.25) is 0 Å². The van der Waals surface area contributed by atoms with Crippen molar-refractivity contribution in [3.63, 3.8) is 0 Å². The van der Waals surface area contributed by atoms with E-state index in [-0.39, 0.29) is 5.60 Å². The molecular weight excluding hydrogens is 386 g/mol. The van der Waals surface area contributed by atoms with Crippen LogP contribution in [-0.2, 0) is 22.5 Å². The Morgan fingerprint density at radius 2 is 2.03 bits per heavy atom. The van der Waals surface area contributed by atoms with Gasteiger partial charge >= 0.3 is 0 Å². The summed E-state index contributed by atoms with van der Waals surface area (Å²) in [5, 5.41) is 4.74. The predicted octanol–water partition coefficient (Wildman–Crippen LogP) is 1.73. The Labute approximate surface area is 174 Å². The van der Waals surface area contributed by atoms with E-state index in [1.165, 1.54) is 16.5 Å². The Balaban J connectivity index is 1.50. The second-order valence-corrected chi connectivity index (χ2v) is 9.60. The van der Waals surface area contributed by atoms with Gasteiger partial charge in [0, 0.05) is 23.1 Å². The van der Waals surface area contributed by atoms with Gasteiger partial charge < -0.3 is 19.7 Å². The van der Waals surface area contributed by atoms with Crippen LogP contribution < -0.4 is 10.2 Å². The molecule has 8 heteroatoms. The fourth-order valence-electron chi connectivity index (χ4n) is 4.36. The smallest absolute Gasteiger partial charge is 0.147 e. The summed E-state index contributed by atoms with van der Waals surface area (Å²) in [5.41, 5.74) is 4.48. The van der Waals surface area contributed by atoms with Gasteiger partial charge in [0.1, 0.15) is 30.1 Å². The molecule has 2 aliphatic heterocycles. The molecule has 3 aromatic rings. The van der Waals surface area contributed by atoms with Gasteiger partial charge in [0.05, 0.1) is 48.7 Å². The first kappa shape index (κ1) is 19.1. The summed E-state index contributed by atoms with van der Waals surface area (Å²) < 4.78 is 12.6. The zero-order valence-corrected chi connectivity index (χ0v) is 18.1. The van der Waals surface area contributed by atoms with Crippen LogP contribution in [0.2, 0.25) is 0 Å². The molecule has 154 valence electrons. The van der Waals surface area contributed by atoms with E-state index in [1.807, 2.05) is 0 Å². The molecule has 5 rings (SSSR count). The van der Waals surface area contributed by atoms with E-state index >= 15 is 0 Å². The number of quaternary nitrogens is 1. The van der Waals surface area contributed by atoms with Crippen LogP contribution in [0.3, 0.4) is 0 Å². The Morgan fingerprint density at radius 1 is 1.21 bits per heavy atom. The molecule has 0 aromatic carbocycles. The molecule has 0 aliphatic carbocycles. The van der Waals surface area contributed by atoms with Crippen LogP contribution in [0.4, 0.5) is 5.82 Å². The first-order chi connectivity index (χ1) is 14.0. The number of aromatic nitrogens is 3. The third-order valence-corrected chi connectivity index (χ3v) is 7.09. The molecule has 0 unspecified atom stereocenters. The molecule has 0 atom stereocenters. The highest BCUT2D eigenvalue weighted by Crippen LogP contribution is 2.41. The summed E-state index contributed by atoms with van der Waals surface area (Å²) in [6.45, 7) is 12.9. The first-order valence-electron chi connectivity index (χ1n) is 10.4. The van der Waals surface area contributed by atoms with Crippen molar-refractivity contribution in [2.45, 2.75) is 39.4 Å². The van der Waals surface area contributed by atoms with Crippen LogP contribution in [0.5, 0.6) is 0 Å². The maximum absolute atomic E-state index is 6.05.